The van der Waals surface area contributed by atoms with Crippen molar-refractivity contribution in [3.8, 4) is 0 Å². The molecule has 100 valence electrons. The topological polar surface area (TPSA) is 21.7 Å². The van der Waals surface area contributed by atoms with E-state index in [1.165, 1.54) is 16.9 Å². The number of rotatable bonds is 3. The van der Waals surface area contributed by atoms with Crippen LogP contribution in [0.4, 0.5) is 0 Å². The minimum Gasteiger partial charge on any atom is -0.379 e. The highest BCUT2D eigenvalue weighted by molar-refractivity contribution is 7.10. The van der Waals surface area contributed by atoms with Gasteiger partial charge in [-0.2, -0.15) is 0 Å². The number of fused-ring (bicyclic) bond motifs is 1. The Morgan fingerprint density at radius 1 is 1.50 bits per heavy atom. The van der Waals surface area contributed by atoms with Crippen LogP contribution in [0.25, 0.3) is 0 Å². The molecule has 2 fully saturated rings. The van der Waals surface area contributed by atoms with Crippen molar-refractivity contribution in [3.05, 3.63) is 21.9 Å². The van der Waals surface area contributed by atoms with E-state index in [2.05, 4.69) is 23.3 Å². The first-order valence-corrected chi connectivity index (χ1v) is 7.59. The summed E-state index contributed by atoms with van der Waals surface area (Å²) in [7, 11) is 1.80. The third-order valence-electron chi connectivity index (χ3n) is 4.27. The second kappa shape index (κ2) is 5.29. The summed E-state index contributed by atoms with van der Waals surface area (Å²) in [5.41, 5.74) is 1.42. The van der Waals surface area contributed by atoms with Crippen molar-refractivity contribution in [3.63, 3.8) is 0 Å². The van der Waals surface area contributed by atoms with E-state index in [1.807, 2.05) is 11.3 Å². The van der Waals surface area contributed by atoms with E-state index in [1.54, 1.807) is 7.11 Å². The maximum Gasteiger partial charge on any atom is 0.0991 e. The zero-order chi connectivity index (χ0) is 12.5. The minimum absolute atomic E-state index is 0.281. The second-order valence-corrected chi connectivity index (χ2v) is 6.25. The lowest BCUT2D eigenvalue weighted by molar-refractivity contribution is -0.106. The lowest BCUT2D eigenvalue weighted by Crippen LogP contribution is -2.51. The Morgan fingerprint density at radius 3 is 3.11 bits per heavy atom. The molecule has 2 aliphatic rings. The summed E-state index contributed by atoms with van der Waals surface area (Å²) < 4.78 is 11.5. The summed E-state index contributed by atoms with van der Waals surface area (Å²) in [6, 6.07) is 2.76. The first-order chi connectivity index (χ1) is 8.79. The van der Waals surface area contributed by atoms with Crippen LogP contribution >= 0.6 is 11.3 Å². The van der Waals surface area contributed by atoms with Gasteiger partial charge in [0.15, 0.2) is 0 Å². The molecule has 1 saturated heterocycles. The van der Waals surface area contributed by atoms with Gasteiger partial charge in [0.25, 0.3) is 0 Å². The average Bonchev–Trinajstić information content (AvgIpc) is 2.97. The predicted octanol–water partition coefficient (Wildman–Crippen LogP) is 2.43. The molecule has 0 unspecified atom stereocenters. The van der Waals surface area contributed by atoms with Crippen LogP contribution in [0.1, 0.15) is 23.3 Å². The van der Waals surface area contributed by atoms with Crippen LogP contribution < -0.4 is 0 Å². The zero-order valence-corrected chi connectivity index (χ0v) is 11.9. The minimum atomic E-state index is 0.281. The molecule has 0 aromatic carbocycles. The van der Waals surface area contributed by atoms with Gasteiger partial charge >= 0.3 is 0 Å². The molecule has 3 rings (SSSR count). The first-order valence-electron chi connectivity index (χ1n) is 6.71. The highest BCUT2D eigenvalue weighted by Crippen LogP contribution is 2.33. The van der Waals surface area contributed by atoms with Crippen molar-refractivity contribution in [2.24, 2.45) is 0 Å². The number of thiophene rings is 1. The fourth-order valence-electron chi connectivity index (χ4n) is 3.19. The van der Waals surface area contributed by atoms with Gasteiger partial charge in [-0.1, -0.05) is 0 Å². The Bertz CT molecular complexity index is 406. The smallest absolute Gasteiger partial charge is 0.0991 e. The molecular weight excluding hydrogens is 246 g/mol. The van der Waals surface area contributed by atoms with Crippen molar-refractivity contribution in [1.29, 1.82) is 0 Å². The van der Waals surface area contributed by atoms with E-state index >= 15 is 0 Å². The number of ether oxygens (including phenoxy) is 2. The van der Waals surface area contributed by atoms with Crippen molar-refractivity contribution in [2.45, 2.75) is 44.6 Å². The number of hydrogen-bond acceptors (Lipinski definition) is 4. The molecule has 1 saturated carbocycles. The van der Waals surface area contributed by atoms with Crippen molar-refractivity contribution < 1.29 is 9.47 Å². The normalized spacial score (nSPS) is 32.7. The molecule has 0 amide bonds. The summed E-state index contributed by atoms with van der Waals surface area (Å²) >= 11 is 1.87. The SMILES string of the molecule is CO[C@@H]1CC[C@@H]2[C@@H]1OCCN2Cc1sccc1C. The van der Waals surface area contributed by atoms with Gasteiger partial charge in [-0.15, -0.1) is 11.3 Å². The van der Waals surface area contributed by atoms with Gasteiger partial charge in [0.2, 0.25) is 0 Å². The first kappa shape index (κ1) is 12.6. The summed E-state index contributed by atoms with van der Waals surface area (Å²) in [5.74, 6) is 0. The standard InChI is InChI=1S/C14H21NO2S/c1-10-5-8-18-13(10)9-15-6-7-17-14-11(15)3-4-12(14)16-2/h5,8,11-12,14H,3-4,6-7,9H2,1-2H3/t11-,12-,14+/m1/s1. The summed E-state index contributed by atoms with van der Waals surface area (Å²) in [4.78, 5) is 4.09. The molecule has 2 heterocycles. The quantitative estimate of drug-likeness (QED) is 0.839. The van der Waals surface area contributed by atoms with Gasteiger partial charge in [0, 0.05) is 31.1 Å². The molecule has 18 heavy (non-hydrogen) atoms. The molecule has 1 aliphatic heterocycles. The molecule has 0 radical (unpaired) electrons. The summed E-state index contributed by atoms with van der Waals surface area (Å²) in [6.07, 6.45) is 2.91. The van der Waals surface area contributed by atoms with Crippen LogP contribution in [0.3, 0.4) is 0 Å². The van der Waals surface area contributed by atoms with E-state index in [0.29, 0.717) is 12.1 Å². The Hall–Kier alpha value is -0.420. The van der Waals surface area contributed by atoms with Crippen LogP contribution in [0, 0.1) is 6.92 Å². The molecule has 3 atom stereocenters. The van der Waals surface area contributed by atoms with E-state index < -0.39 is 0 Å². The Balaban J connectivity index is 1.71. The highest BCUT2D eigenvalue weighted by atomic mass is 32.1. The second-order valence-electron chi connectivity index (χ2n) is 5.25. The van der Waals surface area contributed by atoms with Crippen molar-refractivity contribution >= 4 is 11.3 Å². The van der Waals surface area contributed by atoms with Gasteiger partial charge in [-0.25, -0.2) is 0 Å². The maximum atomic E-state index is 5.92. The highest BCUT2D eigenvalue weighted by Gasteiger charge is 2.42. The van der Waals surface area contributed by atoms with E-state index in [9.17, 15) is 0 Å². The van der Waals surface area contributed by atoms with Crippen LogP contribution in [0.2, 0.25) is 0 Å². The Kier molecular flexibility index (Phi) is 3.71. The van der Waals surface area contributed by atoms with Crippen LogP contribution in [0.5, 0.6) is 0 Å². The molecule has 1 aromatic heterocycles. The zero-order valence-electron chi connectivity index (χ0n) is 11.1. The Morgan fingerprint density at radius 2 is 2.39 bits per heavy atom. The van der Waals surface area contributed by atoms with Gasteiger partial charge in [0.1, 0.15) is 0 Å². The third-order valence-corrected chi connectivity index (χ3v) is 5.28. The van der Waals surface area contributed by atoms with Crippen molar-refractivity contribution in [2.75, 3.05) is 20.3 Å². The number of morpholine rings is 1. The van der Waals surface area contributed by atoms with Gasteiger partial charge in [-0.05, 0) is 36.8 Å². The van der Waals surface area contributed by atoms with E-state index in [-0.39, 0.29) is 6.10 Å². The predicted molar refractivity (Wildman–Crippen MR) is 73.0 cm³/mol. The monoisotopic (exact) mass is 267 g/mol. The molecule has 1 aromatic rings. The summed E-state index contributed by atoms with van der Waals surface area (Å²) in [5, 5.41) is 2.19. The van der Waals surface area contributed by atoms with Crippen LogP contribution in [-0.4, -0.2) is 43.4 Å². The fourth-order valence-corrected chi connectivity index (χ4v) is 4.12. The number of hydrogen-bond donors (Lipinski definition) is 0. The van der Waals surface area contributed by atoms with E-state index in [0.717, 1.165) is 26.1 Å². The van der Waals surface area contributed by atoms with Crippen molar-refractivity contribution in [1.82, 2.24) is 4.90 Å². The fraction of sp³-hybridized carbons (Fsp3) is 0.714. The van der Waals surface area contributed by atoms with Gasteiger partial charge < -0.3 is 9.47 Å². The molecule has 0 spiro atoms. The Labute approximate surface area is 113 Å². The molecule has 3 nitrogen and oxygen atoms in total. The largest absolute Gasteiger partial charge is 0.379 e. The number of methoxy groups -OCH3 is 1. The third kappa shape index (κ3) is 2.23. The molecule has 4 heteroatoms. The maximum absolute atomic E-state index is 5.92. The lowest BCUT2D eigenvalue weighted by atomic mass is 10.1. The molecule has 0 N–H and O–H groups in total. The van der Waals surface area contributed by atoms with E-state index in [4.69, 9.17) is 9.47 Å². The number of nitrogens with zero attached hydrogens (tertiary/aromatic N) is 1. The van der Waals surface area contributed by atoms with Crippen LogP contribution in [0.15, 0.2) is 11.4 Å². The van der Waals surface area contributed by atoms with Gasteiger partial charge in [-0.3, -0.25) is 4.90 Å². The summed E-state index contributed by atoms with van der Waals surface area (Å²) in [6.45, 7) is 5.17. The molecule has 0 bridgehead atoms. The number of aryl methyl sites for hydroxylation is 1. The van der Waals surface area contributed by atoms with Crippen LogP contribution in [-0.2, 0) is 16.0 Å². The van der Waals surface area contributed by atoms with Gasteiger partial charge in [0.05, 0.1) is 18.8 Å². The lowest BCUT2D eigenvalue weighted by Gasteiger charge is -2.38. The molecule has 1 aliphatic carbocycles. The molecular formula is C14H21NO2S. The average molecular weight is 267 g/mol.